The molecule has 3 rings (SSSR count). The number of carboxylic acids is 1. The molecule has 1 aliphatic carbocycles. The van der Waals surface area contributed by atoms with E-state index in [-0.39, 0.29) is 11.5 Å². The zero-order valence-electron chi connectivity index (χ0n) is 15.2. The van der Waals surface area contributed by atoms with Crippen molar-refractivity contribution in [2.45, 2.75) is 51.5 Å². The summed E-state index contributed by atoms with van der Waals surface area (Å²) in [7, 11) is 0. The number of carbonyl (C=O) groups excluding carboxylic acids is 1. The fourth-order valence-electron chi connectivity index (χ4n) is 3.06. The van der Waals surface area contributed by atoms with E-state index in [9.17, 15) is 9.59 Å². The van der Waals surface area contributed by atoms with Crippen molar-refractivity contribution >= 4 is 11.9 Å². The van der Waals surface area contributed by atoms with Crippen molar-refractivity contribution in [3.8, 4) is 0 Å². The molecule has 0 radical (unpaired) electrons. The minimum atomic E-state index is -0.934. The van der Waals surface area contributed by atoms with Crippen LogP contribution < -0.4 is 5.32 Å². The van der Waals surface area contributed by atoms with Gasteiger partial charge in [-0.3, -0.25) is 9.48 Å². The quantitative estimate of drug-likeness (QED) is 0.760. The van der Waals surface area contributed by atoms with Gasteiger partial charge in [0.15, 0.2) is 0 Å². The number of benzene rings is 1. The summed E-state index contributed by atoms with van der Waals surface area (Å²) in [6.07, 6.45) is 5.58. The lowest BCUT2D eigenvalue weighted by atomic mass is 10.1. The summed E-state index contributed by atoms with van der Waals surface area (Å²) in [4.78, 5) is 23.5. The molecule has 2 aromatic rings. The molecule has 1 atom stereocenters. The van der Waals surface area contributed by atoms with Gasteiger partial charge in [0.2, 0.25) is 0 Å². The maximum absolute atomic E-state index is 12.6. The maximum atomic E-state index is 12.6. The Labute approximate surface area is 153 Å². The normalized spacial score (nSPS) is 14.8. The van der Waals surface area contributed by atoms with E-state index in [0.717, 1.165) is 30.5 Å². The largest absolute Gasteiger partial charge is 0.478 e. The Hall–Kier alpha value is -2.63. The first-order chi connectivity index (χ1) is 12.5. The second-order valence-corrected chi connectivity index (χ2v) is 6.93. The third kappa shape index (κ3) is 3.95. The fourth-order valence-corrected chi connectivity index (χ4v) is 3.06. The van der Waals surface area contributed by atoms with E-state index < -0.39 is 5.97 Å². The molecule has 1 aromatic heterocycles. The first-order valence-corrected chi connectivity index (χ1v) is 9.19. The molecule has 1 amide bonds. The fraction of sp³-hybridized carbons (Fsp3) is 0.450. The van der Waals surface area contributed by atoms with Gasteiger partial charge >= 0.3 is 5.97 Å². The molecule has 1 aromatic carbocycles. The highest BCUT2D eigenvalue weighted by atomic mass is 16.4. The number of nitrogens with one attached hydrogen (secondary N) is 1. The van der Waals surface area contributed by atoms with E-state index in [0.29, 0.717) is 30.5 Å². The maximum Gasteiger partial charge on any atom is 0.335 e. The molecule has 6 nitrogen and oxygen atoms in total. The molecule has 1 saturated carbocycles. The molecule has 1 unspecified atom stereocenters. The number of carbonyl (C=O) groups is 2. The number of nitrogens with zero attached hydrogens (tertiary/aromatic N) is 2. The van der Waals surface area contributed by atoms with Gasteiger partial charge < -0.3 is 10.4 Å². The van der Waals surface area contributed by atoms with Crippen LogP contribution in [0.25, 0.3) is 0 Å². The molecule has 0 aliphatic heterocycles. The van der Waals surface area contributed by atoms with Crippen LogP contribution in [0.2, 0.25) is 0 Å². The van der Waals surface area contributed by atoms with E-state index in [1.54, 1.807) is 30.5 Å². The molecule has 6 heteroatoms. The Kier molecular flexibility index (Phi) is 5.40. The molecule has 0 saturated heterocycles. The van der Waals surface area contributed by atoms with E-state index in [1.165, 1.54) is 0 Å². The standard InChI is InChI=1S/C20H25N3O3/c1-3-13(2)23-18(15-8-9-15)17(12-22-23)19(24)21-11-10-14-4-6-16(7-5-14)20(25)26/h4-7,12-13,15H,3,8-11H2,1-2H3,(H,21,24)(H,25,26). The molecule has 0 spiro atoms. The minimum absolute atomic E-state index is 0.0800. The molecule has 138 valence electrons. The van der Waals surface area contributed by atoms with Crippen LogP contribution in [0.3, 0.4) is 0 Å². The third-order valence-electron chi connectivity index (χ3n) is 4.95. The predicted molar refractivity (Wildman–Crippen MR) is 98.6 cm³/mol. The lowest BCUT2D eigenvalue weighted by molar-refractivity contribution is 0.0696. The number of aromatic nitrogens is 2. The minimum Gasteiger partial charge on any atom is -0.478 e. The van der Waals surface area contributed by atoms with Crippen molar-refractivity contribution in [2.24, 2.45) is 0 Å². The van der Waals surface area contributed by atoms with Crippen LogP contribution in [0.5, 0.6) is 0 Å². The van der Waals surface area contributed by atoms with Crippen molar-refractivity contribution in [1.29, 1.82) is 0 Å². The highest BCUT2D eigenvalue weighted by Gasteiger charge is 2.33. The van der Waals surface area contributed by atoms with Crippen molar-refractivity contribution in [3.05, 3.63) is 52.8 Å². The lowest BCUT2D eigenvalue weighted by Gasteiger charge is -2.14. The summed E-state index contributed by atoms with van der Waals surface area (Å²) >= 11 is 0. The number of aromatic carboxylic acids is 1. The second-order valence-electron chi connectivity index (χ2n) is 6.93. The molecule has 1 aliphatic rings. The van der Waals surface area contributed by atoms with Gasteiger partial charge in [0.05, 0.1) is 23.0 Å². The van der Waals surface area contributed by atoms with Crippen LogP contribution in [0.15, 0.2) is 30.5 Å². The Balaban J connectivity index is 1.62. The van der Waals surface area contributed by atoms with Gasteiger partial charge in [0.25, 0.3) is 5.91 Å². The predicted octanol–water partition coefficient (Wildman–Crippen LogP) is 3.40. The van der Waals surface area contributed by atoms with Crippen molar-refractivity contribution in [2.75, 3.05) is 6.54 Å². The Bertz CT molecular complexity index is 791. The summed E-state index contributed by atoms with van der Waals surface area (Å²) in [6.45, 7) is 4.75. The Morgan fingerprint density at radius 3 is 2.58 bits per heavy atom. The number of rotatable bonds is 8. The highest BCUT2D eigenvalue weighted by Crippen LogP contribution is 2.42. The average Bonchev–Trinajstić information content (AvgIpc) is 3.39. The van der Waals surface area contributed by atoms with Crippen LogP contribution in [-0.4, -0.2) is 33.3 Å². The first kappa shape index (κ1) is 18.2. The summed E-state index contributed by atoms with van der Waals surface area (Å²) in [6, 6.07) is 7.03. The van der Waals surface area contributed by atoms with Crippen LogP contribution in [-0.2, 0) is 6.42 Å². The molecule has 1 fully saturated rings. The average molecular weight is 355 g/mol. The molecule has 2 N–H and O–H groups in total. The van der Waals surface area contributed by atoms with E-state index in [4.69, 9.17) is 5.11 Å². The van der Waals surface area contributed by atoms with Crippen molar-refractivity contribution in [3.63, 3.8) is 0 Å². The van der Waals surface area contributed by atoms with Gasteiger partial charge in [0, 0.05) is 18.5 Å². The van der Waals surface area contributed by atoms with Gasteiger partial charge in [0.1, 0.15) is 0 Å². The van der Waals surface area contributed by atoms with Crippen LogP contribution in [0.4, 0.5) is 0 Å². The van der Waals surface area contributed by atoms with E-state index in [2.05, 4.69) is 24.3 Å². The first-order valence-electron chi connectivity index (χ1n) is 9.19. The number of carboxylic acid groups (broad SMARTS) is 1. The zero-order chi connectivity index (χ0) is 18.7. The van der Waals surface area contributed by atoms with Crippen LogP contribution in [0, 0.1) is 0 Å². The number of hydrogen-bond donors (Lipinski definition) is 2. The van der Waals surface area contributed by atoms with Gasteiger partial charge in [-0.25, -0.2) is 4.79 Å². The SMILES string of the molecule is CCC(C)n1ncc(C(=O)NCCc2ccc(C(=O)O)cc2)c1C1CC1. The number of amides is 1. The Morgan fingerprint density at radius 2 is 2.00 bits per heavy atom. The third-order valence-corrected chi connectivity index (χ3v) is 4.95. The monoisotopic (exact) mass is 355 g/mol. The van der Waals surface area contributed by atoms with Gasteiger partial charge in [-0.15, -0.1) is 0 Å². The summed E-state index contributed by atoms with van der Waals surface area (Å²) < 4.78 is 2.01. The van der Waals surface area contributed by atoms with Gasteiger partial charge in [-0.05, 0) is 50.3 Å². The number of hydrogen-bond acceptors (Lipinski definition) is 3. The molecule has 1 heterocycles. The van der Waals surface area contributed by atoms with Crippen molar-refractivity contribution in [1.82, 2.24) is 15.1 Å². The van der Waals surface area contributed by atoms with Crippen molar-refractivity contribution < 1.29 is 14.7 Å². The summed E-state index contributed by atoms with van der Waals surface area (Å²) in [5, 5.41) is 16.4. The molecule has 0 bridgehead atoms. The van der Waals surface area contributed by atoms with E-state index >= 15 is 0 Å². The van der Waals surface area contributed by atoms with Gasteiger partial charge in [-0.2, -0.15) is 5.10 Å². The van der Waals surface area contributed by atoms with E-state index in [1.807, 2.05) is 4.68 Å². The molecular formula is C20H25N3O3. The summed E-state index contributed by atoms with van der Waals surface area (Å²) in [5.74, 6) is -0.560. The van der Waals surface area contributed by atoms with Crippen LogP contribution in [0.1, 0.15) is 77.0 Å². The second kappa shape index (κ2) is 7.72. The molecular weight excluding hydrogens is 330 g/mol. The molecule has 26 heavy (non-hydrogen) atoms. The van der Waals surface area contributed by atoms with Gasteiger partial charge in [-0.1, -0.05) is 19.1 Å². The topological polar surface area (TPSA) is 84.2 Å². The lowest BCUT2D eigenvalue weighted by Crippen LogP contribution is -2.26. The smallest absolute Gasteiger partial charge is 0.335 e. The summed E-state index contributed by atoms with van der Waals surface area (Å²) in [5.41, 5.74) is 3.02. The Morgan fingerprint density at radius 1 is 1.31 bits per heavy atom. The zero-order valence-corrected chi connectivity index (χ0v) is 15.2. The van der Waals surface area contributed by atoms with Crippen LogP contribution >= 0.6 is 0 Å². The highest BCUT2D eigenvalue weighted by molar-refractivity contribution is 5.95.